The second-order valence-corrected chi connectivity index (χ2v) is 7.68. The summed E-state index contributed by atoms with van der Waals surface area (Å²) >= 11 is 0. The highest BCUT2D eigenvalue weighted by Gasteiger charge is 2.39. The van der Waals surface area contributed by atoms with Crippen LogP contribution >= 0.6 is 0 Å². The van der Waals surface area contributed by atoms with Crippen LogP contribution in [0.1, 0.15) is 74.1 Å². The minimum Gasteiger partial charge on any atom is -0.481 e. The number of ether oxygens (including phenoxy) is 1. The molecular formula is C26H26N4O7. The molecule has 0 radical (unpaired) electrons. The number of carboxylic acids is 1. The minimum absolute atomic E-state index is 0.0420. The van der Waals surface area contributed by atoms with E-state index in [1.807, 2.05) is 13.8 Å². The standard InChI is InChI=1S/C24H20N4O7.C2H6/c1-12-18(19-22(32)20-15(6-3-8-27-20)21(31)23(19)34-12)24(33)35-14-5-2-4-13(10-14)16(25)11-28(26)9-7-17(29)30;1-2/h2-6,8,10-11H,7,9,25-26H2,1H3,(H,29,30);1-2H3/b16-11-;. The maximum atomic E-state index is 13.0. The molecule has 0 atom stereocenters. The molecule has 0 fully saturated rings. The van der Waals surface area contributed by atoms with Gasteiger partial charge in [-0.15, -0.1) is 0 Å². The summed E-state index contributed by atoms with van der Waals surface area (Å²) in [5, 5.41) is 9.89. The Kier molecular flexibility index (Phi) is 8.20. The van der Waals surface area contributed by atoms with Crippen molar-refractivity contribution in [2.24, 2.45) is 11.6 Å². The largest absolute Gasteiger partial charge is 0.481 e. The van der Waals surface area contributed by atoms with E-state index in [-0.39, 0.29) is 58.3 Å². The normalized spacial score (nSPS) is 12.2. The molecule has 0 bridgehead atoms. The van der Waals surface area contributed by atoms with Crippen LogP contribution in [0.25, 0.3) is 5.70 Å². The van der Waals surface area contributed by atoms with Crippen molar-refractivity contribution in [1.29, 1.82) is 0 Å². The summed E-state index contributed by atoms with van der Waals surface area (Å²) in [6.07, 6.45) is 2.57. The van der Waals surface area contributed by atoms with Crippen LogP contribution in [0, 0.1) is 6.92 Å². The molecular weight excluding hydrogens is 480 g/mol. The molecule has 1 aliphatic rings. The number of aromatic nitrogens is 1. The van der Waals surface area contributed by atoms with E-state index in [0.717, 1.165) is 5.01 Å². The number of carbonyl (C=O) groups excluding carboxylic acids is 3. The van der Waals surface area contributed by atoms with Crippen molar-refractivity contribution >= 4 is 29.2 Å². The van der Waals surface area contributed by atoms with Crippen LogP contribution < -0.4 is 16.3 Å². The van der Waals surface area contributed by atoms with Gasteiger partial charge in [-0.25, -0.2) is 10.6 Å². The van der Waals surface area contributed by atoms with Gasteiger partial charge in [0.25, 0.3) is 0 Å². The van der Waals surface area contributed by atoms with Crippen molar-refractivity contribution in [3.8, 4) is 5.75 Å². The van der Waals surface area contributed by atoms with Gasteiger partial charge in [-0.2, -0.15) is 0 Å². The Balaban J connectivity index is 0.00000186. The van der Waals surface area contributed by atoms with Crippen molar-refractivity contribution in [2.75, 3.05) is 6.54 Å². The summed E-state index contributed by atoms with van der Waals surface area (Å²) < 4.78 is 11.0. The second-order valence-electron chi connectivity index (χ2n) is 7.68. The predicted octanol–water partition coefficient (Wildman–Crippen LogP) is 2.91. The molecule has 2 heterocycles. The van der Waals surface area contributed by atoms with Crippen LogP contribution in [0.4, 0.5) is 0 Å². The second kappa shape index (κ2) is 11.3. The quantitative estimate of drug-likeness (QED) is 0.145. The molecule has 2 aromatic heterocycles. The van der Waals surface area contributed by atoms with Gasteiger partial charge in [0.05, 0.1) is 23.2 Å². The molecule has 0 unspecified atom stereocenters. The zero-order valence-electron chi connectivity index (χ0n) is 20.5. The molecule has 0 spiro atoms. The summed E-state index contributed by atoms with van der Waals surface area (Å²) in [6, 6.07) is 9.21. The number of furan rings is 1. The molecule has 11 heteroatoms. The maximum absolute atomic E-state index is 13.0. The fraction of sp³-hybridized carbons (Fsp3) is 0.192. The zero-order valence-corrected chi connectivity index (χ0v) is 20.5. The Morgan fingerprint density at radius 1 is 1.16 bits per heavy atom. The maximum Gasteiger partial charge on any atom is 0.347 e. The van der Waals surface area contributed by atoms with Crippen molar-refractivity contribution < 1.29 is 33.4 Å². The van der Waals surface area contributed by atoms with Crippen molar-refractivity contribution in [2.45, 2.75) is 27.2 Å². The Morgan fingerprint density at radius 3 is 2.59 bits per heavy atom. The number of ketones is 2. The molecule has 0 amide bonds. The number of hydrogen-bond donors (Lipinski definition) is 3. The summed E-state index contributed by atoms with van der Waals surface area (Å²) in [5.41, 5.74) is 6.39. The summed E-state index contributed by atoms with van der Waals surface area (Å²) in [5.74, 6) is 2.63. The van der Waals surface area contributed by atoms with Gasteiger partial charge in [0.1, 0.15) is 22.8 Å². The summed E-state index contributed by atoms with van der Waals surface area (Å²) in [7, 11) is 0. The van der Waals surface area contributed by atoms with Crippen LogP contribution in [-0.4, -0.2) is 45.1 Å². The van der Waals surface area contributed by atoms with Gasteiger partial charge in [0.15, 0.2) is 5.76 Å². The number of nitrogens with zero attached hydrogens (tertiary/aromatic N) is 2. The molecule has 5 N–H and O–H groups in total. The number of aryl methyl sites for hydroxylation is 1. The Labute approximate surface area is 212 Å². The molecule has 3 aromatic rings. The van der Waals surface area contributed by atoms with Crippen LogP contribution in [0.15, 0.2) is 53.2 Å². The number of esters is 1. The third-order valence-corrected chi connectivity index (χ3v) is 5.26. The Bertz CT molecular complexity index is 1410. The third-order valence-electron chi connectivity index (χ3n) is 5.26. The number of hydrazine groups is 1. The topological polar surface area (TPSA) is 179 Å². The van der Waals surface area contributed by atoms with E-state index < -0.39 is 23.5 Å². The molecule has 0 aliphatic heterocycles. The summed E-state index contributed by atoms with van der Waals surface area (Å²) in [4.78, 5) is 53.5. The van der Waals surface area contributed by atoms with Crippen LogP contribution in [0.5, 0.6) is 5.75 Å². The SMILES string of the molecule is CC.Cc1oc2c(c1C(=O)Oc1cccc(/C(N)=C/N(N)CCC(=O)O)c1)C(=O)c1ncccc1C2=O. The number of nitrogens with two attached hydrogens (primary N) is 2. The monoisotopic (exact) mass is 506 g/mol. The Hall–Kier alpha value is -4.77. The number of pyridine rings is 1. The van der Waals surface area contributed by atoms with Gasteiger partial charge in [-0.05, 0) is 31.2 Å². The van der Waals surface area contributed by atoms with Crippen molar-refractivity contribution in [3.63, 3.8) is 0 Å². The number of aliphatic carboxylic acids is 1. The molecule has 0 saturated heterocycles. The molecule has 11 nitrogen and oxygen atoms in total. The number of benzene rings is 1. The number of rotatable bonds is 7. The lowest BCUT2D eigenvalue weighted by molar-refractivity contribution is -0.137. The first kappa shape index (κ1) is 26.8. The average Bonchev–Trinajstić information content (AvgIpc) is 3.25. The van der Waals surface area contributed by atoms with E-state index in [0.29, 0.717) is 5.56 Å². The third kappa shape index (κ3) is 5.57. The average molecular weight is 507 g/mol. The molecule has 192 valence electrons. The Morgan fingerprint density at radius 2 is 1.89 bits per heavy atom. The number of carboxylic acid groups (broad SMARTS) is 1. The number of carbonyl (C=O) groups is 4. The highest BCUT2D eigenvalue weighted by molar-refractivity contribution is 6.29. The van der Waals surface area contributed by atoms with E-state index in [2.05, 4.69) is 4.98 Å². The van der Waals surface area contributed by atoms with E-state index in [1.54, 1.807) is 12.1 Å². The highest BCUT2D eigenvalue weighted by Crippen LogP contribution is 2.33. The lowest BCUT2D eigenvalue weighted by Crippen LogP contribution is -2.28. The minimum atomic E-state index is -1.00. The van der Waals surface area contributed by atoms with Crippen molar-refractivity contribution in [1.82, 2.24) is 9.99 Å². The first-order chi connectivity index (χ1) is 17.7. The number of hydrogen-bond acceptors (Lipinski definition) is 10. The van der Waals surface area contributed by atoms with Gasteiger partial charge in [0.2, 0.25) is 11.6 Å². The smallest absolute Gasteiger partial charge is 0.347 e. The fourth-order valence-electron chi connectivity index (χ4n) is 3.62. The van der Waals surface area contributed by atoms with Gasteiger partial charge >= 0.3 is 11.9 Å². The van der Waals surface area contributed by atoms with E-state index >= 15 is 0 Å². The molecule has 4 rings (SSSR count). The van der Waals surface area contributed by atoms with E-state index in [9.17, 15) is 19.2 Å². The molecule has 37 heavy (non-hydrogen) atoms. The molecule has 0 saturated carbocycles. The van der Waals surface area contributed by atoms with Crippen molar-refractivity contribution in [3.05, 3.63) is 88.3 Å². The van der Waals surface area contributed by atoms with Crippen LogP contribution in [0.3, 0.4) is 0 Å². The molecule has 1 aliphatic carbocycles. The predicted molar refractivity (Wildman–Crippen MR) is 133 cm³/mol. The van der Waals surface area contributed by atoms with E-state index in [1.165, 1.54) is 43.6 Å². The van der Waals surface area contributed by atoms with Gasteiger partial charge in [0, 0.05) is 24.5 Å². The zero-order chi connectivity index (χ0) is 27.3. The van der Waals surface area contributed by atoms with Gasteiger partial charge in [-0.1, -0.05) is 26.0 Å². The molecule has 1 aromatic carbocycles. The van der Waals surface area contributed by atoms with Crippen LogP contribution in [-0.2, 0) is 4.79 Å². The van der Waals surface area contributed by atoms with Crippen LogP contribution in [0.2, 0.25) is 0 Å². The first-order valence-corrected chi connectivity index (χ1v) is 11.4. The summed E-state index contributed by atoms with van der Waals surface area (Å²) in [6.45, 7) is 5.50. The first-order valence-electron chi connectivity index (χ1n) is 11.4. The lowest BCUT2D eigenvalue weighted by atomic mass is 9.90. The highest BCUT2D eigenvalue weighted by atomic mass is 16.5. The van der Waals surface area contributed by atoms with Gasteiger partial charge < -0.3 is 25.0 Å². The van der Waals surface area contributed by atoms with Gasteiger partial charge in [-0.3, -0.25) is 19.4 Å². The van der Waals surface area contributed by atoms with E-state index in [4.69, 9.17) is 25.8 Å². The fourth-order valence-corrected chi connectivity index (χ4v) is 3.62. The number of fused-ring (bicyclic) bond motifs is 2. The lowest BCUT2D eigenvalue weighted by Gasteiger charge is -2.14.